The molecule has 0 saturated carbocycles. The Bertz CT molecular complexity index is 568. The van der Waals surface area contributed by atoms with Gasteiger partial charge in [-0.25, -0.2) is 0 Å². The van der Waals surface area contributed by atoms with Gasteiger partial charge in [0.05, 0.1) is 18.8 Å². The number of rotatable bonds is 32. The zero-order valence-corrected chi connectivity index (χ0v) is 27.4. The lowest BCUT2D eigenvalue weighted by Gasteiger charge is -2.26. The van der Waals surface area contributed by atoms with Crippen LogP contribution in [0.15, 0.2) is 12.2 Å². The van der Waals surface area contributed by atoms with Gasteiger partial charge in [0.25, 0.3) is 0 Å². The minimum atomic E-state index is -1.13. The molecule has 0 spiro atoms. The molecular weight excluding hydrogens is 510 g/mol. The standard InChI is InChI=1S/C36H71NO4/c1-3-5-7-9-11-13-15-17-18-19-21-23-25-27-29-31-35(40)37-33(32-38)36(41)34(39)30-28-26-24-22-20-16-14-12-10-8-6-4-2/h17-18,33-34,36,38-39,41H,3-16,19-32H2,1-2H3,(H,37,40)/b18-17-. The lowest BCUT2D eigenvalue weighted by Crippen LogP contribution is -2.50. The number of hydrogen-bond donors (Lipinski definition) is 4. The summed E-state index contributed by atoms with van der Waals surface area (Å²) in [5.41, 5.74) is 0. The predicted octanol–water partition coefficient (Wildman–Crippen LogP) is 9.31. The Morgan fingerprint density at radius 3 is 1.41 bits per heavy atom. The van der Waals surface area contributed by atoms with Crippen LogP contribution in [0.2, 0.25) is 0 Å². The van der Waals surface area contributed by atoms with E-state index in [4.69, 9.17) is 0 Å². The van der Waals surface area contributed by atoms with E-state index in [0.717, 1.165) is 44.9 Å². The molecule has 3 atom stereocenters. The zero-order chi connectivity index (χ0) is 30.2. The molecule has 0 radical (unpaired) electrons. The van der Waals surface area contributed by atoms with Crippen LogP contribution in [-0.4, -0.2) is 46.1 Å². The number of nitrogens with one attached hydrogen (secondary N) is 1. The van der Waals surface area contributed by atoms with Crippen LogP contribution in [0.4, 0.5) is 0 Å². The number of carbonyl (C=O) groups excluding carboxylic acids is 1. The molecule has 0 aliphatic heterocycles. The Hall–Kier alpha value is -0.910. The first kappa shape index (κ1) is 40.1. The molecule has 0 aromatic heterocycles. The van der Waals surface area contributed by atoms with Crippen molar-refractivity contribution in [1.29, 1.82) is 0 Å². The van der Waals surface area contributed by atoms with E-state index in [-0.39, 0.29) is 12.5 Å². The van der Waals surface area contributed by atoms with Crippen molar-refractivity contribution in [2.24, 2.45) is 0 Å². The fourth-order valence-corrected chi connectivity index (χ4v) is 5.51. The zero-order valence-electron chi connectivity index (χ0n) is 27.4. The molecule has 4 N–H and O–H groups in total. The Balaban J connectivity index is 3.71. The lowest BCUT2D eigenvalue weighted by molar-refractivity contribution is -0.124. The van der Waals surface area contributed by atoms with Gasteiger partial charge in [-0.05, 0) is 38.5 Å². The minimum Gasteiger partial charge on any atom is -0.394 e. The largest absolute Gasteiger partial charge is 0.394 e. The van der Waals surface area contributed by atoms with Crippen molar-refractivity contribution in [2.45, 2.75) is 205 Å². The molecule has 41 heavy (non-hydrogen) atoms. The van der Waals surface area contributed by atoms with Crippen LogP contribution in [0, 0.1) is 0 Å². The summed E-state index contributed by atoms with van der Waals surface area (Å²) >= 11 is 0. The van der Waals surface area contributed by atoms with Crippen LogP contribution < -0.4 is 5.32 Å². The highest BCUT2D eigenvalue weighted by molar-refractivity contribution is 5.76. The SMILES string of the molecule is CCCCCCCC/C=C\CCCCCCCC(=O)NC(CO)C(O)C(O)CCCCCCCCCCCCCC. The topological polar surface area (TPSA) is 89.8 Å². The fraction of sp³-hybridized carbons (Fsp3) is 0.917. The first-order valence-corrected chi connectivity index (χ1v) is 18.0. The molecule has 244 valence electrons. The summed E-state index contributed by atoms with van der Waals surface area (Å²) in [6, 6.07) is -0.807. The van der Waals surface area contributed by atoms with Crippen molar-refractivity contribution in [2.75, 3.05) is 6.61 Å². The fourth-order valence-electron chi connectivity index (χ4n) is 5.51. The Morgan fingerprint density at radius 2 is 0.976 bits per heavy atom. The Kier molecular flexibility index (Phi) is 31.3. The number of allylic oxidation sites excluding steroid dienone is 2. The van der Waals surface area contributed by atoms with Crippen LogP contribution in [0.3, 0.4) is 0 Å². The molecule has 5 heteroatoms. The van der Waals surface area contributed by atoms with Crippen LogP contribution in [0.1, 0.15) is 187 Å². The second-order valence-corrected chi connectivity index (χ2v) is 12.4. The van der Waals surface area contributed by atoms with Crippen LogP contribution in [0.5, 0.6) is 0 Å². The molecule has 0 aromatic rings. The third-order valence-corrected chi connectivity index (χ3v) is 8.37. The predicted molar refractivity (Wildman–Crippen MR) is 176 cm³/mol. The summed E-state index contributed by atoms with van der Waals surface area (Å²) in [5, 5.41) is 33.3. The van der Waals surface area contributed by atoms with E-state index in [2.05, 4.69) is 31.3 Å². The summed E-state index contributed by atoms with van der Waals surface area (Å²) < 4.78 is 0. The van der Waals surface area contributed by atoms with Crippen molar-refractivity contribution in [3.8, 4) is 0 Å². The van der Waals surface area contributed by atoms with Gasteiger partial charge in [0, 0.05) is 6.42 Å². The highest BCUT2D eigenvalue weighted by Crippen LogP contribution is 2.15. The van der Waals surface area contributed by atoms with Crippen LogP contribution in [-0.2, 0) is 4.79 Å². The molecule has 0 saturated heterocycles. The van der Waals surface area contributed by atoms with Crippen molar-refractivity contribution in [1.82, 2.24) is 5.32 Å². The van der Waals surface area contributed by atoms with E-state index in [1.54, 1.807) is 0 Å². The third kappa shape index (κ3) is 27.7. The van der Waals surface area contributed by atoms with Crippen LogP contribution >= 0.6 is 0 Å². The number of amides is 1. The molecule has 3 unspecified atom stereocenters. The normalized spacial score (nSPS) is 14.0. The van der Waals surface area contributed by atoms with Gasteiger partial charge in [-0.2, -0.15) is 0 Å². The molecule has 1 amide bonds. The summed E-state index contributed by atoms with van der Waals surface area (Å²) in [6.07, 6.45) is 34.4. The van der Waals surface area contributed by atoms with Gasteiger partial charge in [0.1, 0.15) is 6.10 Å². The molecular formula is C36H71NO4. The van der Waals surface area contributed by atoms with Crippen molar-refractivity contribution < 1.29 is 20.1 Å². The van der Waals surface area contributed by atoms with Gasteiger partial charge in [-0.3, -0.25) is 4.79 Å². The van der Waals surface area contributed by atoms with Crippen molar-refractivity contribution in [3.05, 3.63) is 12.2 Å². The van der Waals surface area contributed by atoms with Gasteiger partial charge in [-0.15, -0.1) is 0 Å². The first-order chi connectivity index (χ1) is 20.1. The molecule has 0 bridgehead atoms. The number of carbonyl (C=O) groups is 1. The van der Waals surface area contributed by atoms with Gasteiger partial charge < -0.3 is 20.6 Å². The van der Waals surface area contributed by atoms with E-state index in [9.17, 15) is 20.1 Å². The van der Waals surface area contributed by atoms with E-state index < -0.39 is 18.2 Å². The van der Waals surface area contributed by atoms with E-state index >= 15 is 0 Å². The van der Waals surface area contributed by atoms with Crippen molar-refractivity contribution >= 4 is 5.91 Å². The van der Waals surface area contributed by atoms with Crippen LogP contribution in [0.25, 0.3) is 0 Å². The smallest absolute Gasteiger partial charge is 0.220 e. The number of aliphatic hydroxyl groups is 3. The summed E-state index contributed by atoms with van der Waals surface area (Å²) in [4.78, 5) is 12.3. The highest BCUT2D eigenvalue weighted by atomic mass is 16.3. The molecule has 0 aromatic carbocycles. The second kappa shape index (κ2) is 32.0. The highest BCUT2D eigenvalue weighted by Gasteiger charge is 2.26. The number of hydrogen-bond acceptors (Lipinski definition) is 4. The van der Waals surface area contributed by atoms with Gasteiger partial charge in [0.15, 0.2) is 0 Å². The molecule has 0 heterocycles. The molecule has 0 aliphatic rings. The summed E-state index contributed by atoms with van der Waals surface area (Å²) in [7, 11) is 0. The molecule has 5 nitrogen and oxygen atoms in total. The molecule has 0 fully saturated rings. The lowest BCUT2D eigenvalue weighted by atomic mass is 9.99. The molecule has 0 rings (SSSR count). The summed E-state index contributed by atoms with van der Waals surface area (Å²) in [5.74, 6) is -0.154. The molecule has 0 aliphatic carbocycles. The van der Waals surface area contributed by atoms with Gasteiger partial charge in [-0.1, -0.05) is 154 Å². The quantitative estimate of drug-likeness (QED) is 0.0471. The second-order valence-electron chi connectivity index (χ2n) is 12.4. The minimum absolute atomic E-state index is 0.154. The first-order valence-electron chi connectivity index (χ1n) is 18.0. The average Bonchev–Trinajstić information content (AvgIpc) is 2.97. The summed E-state index contributed by atoms with van der Waals surface area (Å²) in [6.45, 7) is 4.15. The van der Waals surface area contributed by atoms with E-state index in [0.29, 0.717) is 12.8 Å². The maximum atomic E-state index is 12.3. The number of aliphatic hydroxyl groups excluding tert-OH is 3. The number of unbranched alkanes of at least 4 members (excludes halogenated alkanes) is 22. The monoisotopic (exact) mass is 582 g/mol. The Labute approximate surface area is 255 Å². The van der Waals surface area contributed by atoms with E-state index in [1.807, 2.05) is 0 Å². The van der Waals surface area contributed by atoms with E-state index in [1.165, 1.54) is 116 Å². The maximum Gasteiger partial charge on any atom is 0.220 e. The Morgan fingerprint density at radius 1 is 0.585 bits per heavy atom. The average molecular weight is 582 g/mol. The van der Waals surface area contributed by atoms with Crippen molar-refractivity contribution in [3.63, 3.8) is 0 Å². The van der Waals surface area contributed by atoms with Gasteiger partial charge >= 0.3 is 0 Å². The third-order valence-electron chi connectivity index (χ3n) is 8.37. The maximum absolute atomic E-state index is 12.3. The van der Waals surface area contributed by atoms with Gasteiger partial charge in [0.2, 0.25) is 5.91 Å².